The number of fused-ring (bicyclic) bond motifs is 1. The predicted molar refractivity (Wildman–Crippen MR) is 536 cm³/mol. The molecule has 4 aromatic heterocycles. The molecule has 17 rings (SSSR count). The first kappa shape index (κ1) is 95.8. The third-order valence-corrected chi connectivity index (χ3v) is 23.0. The SMILES string of the molecule is CC(C)(C)c1cc(CCCO)cc(-n2nc3ccccc3n2)c1O.CCCCCCCCOCC(O)COc1ccc(-c2nc(-c3ccc(C)cc3C)nc(-c3ccc(C)cc3C)n2)c(O)c1.Cc1ccc(-c2nc(-c3ccc(C)cc3C)nc(-c3ccc(O)cc3O)n2)c(C)c1.Oc1ccc(-c2nc(-c3ccc(-c4ccccc4)cc3)nc(-c3ccc(-c4ccccc4)cc3)n2)c(O)c1. The minimum Gasteiger partial charge on any atom is -0.508 e. The van der Waals surface area contributed by atoms with Crippen molar-refractivity contribution in [2.75, 3.05) is 26.4 Å². The topological polar surface area (TPSA) is 327 Å². The van der Waals surface area contributed by atoms with Crippen LogP contribution < -0.4 is 4.74 Å². The molecule has 8 N–H and O–H groups in total. The number of hydrogen-bond donors (Lipinski definition) is 8. The quantitative estimate of drug-likeness (QED) is 0.0222. The fraction of sp³-hybridized carbons (Fsp3) is 0.230. The van der Waals surface area contributed by atoms with Crippen LogP contribution in [0.25, 0.3) is 141 Å². The number of rotatable bonds is 27. The summed E-state index contributed by atoms with van der Waals surface area (Å²) in [7, 11) is 0. The van der Waals surface area contributed by atoms with E-state index in [1.807, 2.05) is 211 Å². The molecular weight excluding hydrogens is 1690 g/mol. The Kier molecular flexibility index (Phi) is 31.5. The van der Waals surface area contributed by atoms with Gasteiger partial charge in [-0.05, 0) is 185 Å². The van der Waals surface area contributed by atoms with E-state index in [-0.39, 0.29) is 59.7 Å². The van der Waals surface area contributed by atoms with Crippen molar-refractivity contribution in [2.24, 2.45) is 0 Å². The first-order chi connectivity index (χ1) is 65.1. The first-order valence-electron chi connectivity index (χ1n) is 45.6. The van der Waals surface area contributed by atoms with E-state index >= 15 is 0 Å². The maximum atomic E-state index is 11.0. The van der Waals surface area contributed by atoms with Crippen molar-refractivity contribution in [3.8, 4) is 171 Å². The van der Waals surface area contributed by atoms with Crippen LogP contribution >= 0.6 is 0 Å². The molecule has 1 unspecified atom stereocenters. The van der Waals surface area contributed by atoms with Gasteiger partial charge < -0.3 is 50.3 Å². The summed E-state index contributed by atoms with van der Waals surface area (Å²) in [6, 6.07) is 86.4. The molecule has 0 aliphatic carbocycles. The van der Waals surface area contributed by atoms with Gasteiger partial charge in [0.25, 0.3) is 0 Å². The second kappa shape index (κ2) is 44.3. The van der Waals surface area contributed by atoms with Crippen LogP contribution in [0.15, 0.2) is 273 Å². The number of hydrogen-bond acceptors (Lipinski definition) is 21. The maximum Gasteiger partial charge on any atom is 0.167 e. The van der Waals surface area contributed by atoms with Crippen molar-refractivity contribution < 1.29 is 50.3 Å². The maximum absolute atomic E-state index is 11.0. The Bertz CT molecular complexity index is 6600. The summed E-state index contributed by atoms with van der Waals surface area (Å²) in [6.07, 6.45) is 7.84. The lowest BCUT2D eigenvalue weighted by atomic mass is 9.84. The number of unbranched alkanes of at least 4 members (excludes halogenated alkanes) is 5. The van der Waals surface area contributed by atoms with Crippen LogP contribution in [0, 0.1) is 55.4 Å². The average molecular weight is 1800 g/mol. The highest BCUT2D eigenvalue weighted by Gasteiger charge is 2.26. The number of benzene rings is 13. The molecule has 0 aliphatic heterocycles. The van der Waals surface area contributed by atoms with Crippen LogP contribution in [0.4, 0.5) is 0 Å². The standard InChI is InChI=1S/C36H45N3O4.C33H23N3O2.C25H23N3O2.C19H23N3O2/c1-6-7-8-9-10-11-18-42-22-28(40)23-43-29-14-17-32(33(41)21-29)36-38-34(30-15-12-24(2)19-26(30)4)37-35(39-36)31-16-13-25(3)20-27(31)5;37-28-19-20-29(30(38)21-28)33-35-31(26-15-11-24(12-16-26)22-7-3-1-4-8-22)34-32(36-33)27-17-13-25(14-18-27)23-9-5-2-6-10-23;1-14-5-8-19(16(3)11-14)23-26-24(20-9-6-15(2)12-17(20)4)28-25(27-23)21-10-7-18(29)13-22(21)30;1-19(2,3)14-11-13(7-6-10-23)12-17(18(14)24)22-20-15-8-4-5-9-16(15)21-22/h12-17,19-21,28,40-41H,6-11,18,22-23H2,1-5H3;1-21,37-38H;5-13,29-30H,1-4H3;4-5,8-9,11-12,23-24H,6-7,10H2,1-3H3. The molecule has 0 aliphatic rings. The molecule has 0 amide bonds. The van der Waals surface area contributed by atoms with E-state index in [2.05, 4.69) is 110 Å². The molecule has 135 heavy (non-hydrogen) atoms. The van der Waals surface area contributed by atoms with Crippen molar-refractivity contribution >= 4 is 11.0 Å². The van der Waals surface area contributed by atoms with Crippen LogP contribution in [0.3, 0.4) is 0 Å². The Morgan fingerprint density at radius 3 is 1.07 bits per heavy atom. The molecule has 13 aromatic carbocycles. The number of aliphatic hydroxyl groups excluding tert-OH is 2. The lowest BCUT2D eigenvalue weighted by Gasteiger charge is -2.23. The lowest BCUT2D eigenvalue weighted by Crippen LogP contribution is -2.23. The fourth-order valence-corrected chi connectivity index (χ4v) is 15.8. The number of nitrogens with zero attached hydrogens (tertiary/aromatic N) is 12. The van der Waals surface area contributed by atoms with E-state index in [0.717, 1.165) is 142 Å². The molecule has 0 spiro atoms. The van der Waals surface area contributed by atoms with Crippen molar-refractivity contribution in [1.82, 2.24) is 59.8 Å². The highest BCUT2D eigenvalue weighted by atomic mass is 16.5. The molecule has 0 saturated carbocycles. The van der Waals surface area contributed by atoms with E-state index in [9.17, 15) is 35.7 Å². The van der Waals surface area contributed by atoms with Gasteiger partial charge in [-0.1, -0.05) is 282 Å². The van der Waals surface area contributed by atoms with Crippen molar-refractivity contribution in [2.45, 2.75) is 146 Å². The van der Waals surface area contributed by atoms with E-state index in [4.69, 9.17) is 49.5 Å². The normalized spacial score (nSPS) is 11.4. The van der Waals surface area contributed by atoms with Gasteiger partial charge in [0.15, 0.2) is 52.4 Å². The molecule has 22 heteroatoms. The Morgan fingerprint density at radius 2 is 0.681 bits per heavy atom. The Balaban J connectivity index is 0.000000147. The van der Waals surface area contributed by atoms with Crippen LogP contribution in [0.5, 0.6) is 40.2 Å². The van der Waals surface area contributed by atoms with Gasteiger partial charge in [-0.2, -0.15) is 0 Å². The van der Waals surface area contributed by atoms with Gasteiger partial charge in [0.05, 0.1) is 23.3 Å². The first-order valence-corrected chi connectivity index (χ1v) is 45.6. The van der Waals surface area contributed by atoms with Crippen molar-refractivity contribution in [3.63, 3.8) is 0 Å². The summed E-state index contributed by atoms with van der Waals surface area (Å²) in [6.45, 7) is 25.8. The molecule has 0 fully saturated rings. The highest BCUT2D eigenvalue weighted by Crippen LogP contribution is 2.41. The second-order valence-corrected chi connectivity index (χ2v) is 35.0. The van der Waals surface area contributed by atoms with Crippen LogP contribution in [-0.4, -0.2) is 133 Å². The summed E-state index contributed by atoms with van der Waals surface area (Å²) >= 11 is 0. The van der Waals surface area contributed by atoms with Crippen LogP contribution in [0.1, 0.15) is 128 Å². The van der Waals surface area contributed by atoms with Gasteiger partial charge >= 0.3 is 0 Å². The van der Waals surface area contributed by atoms with Gasteiger partial charge in [0.1, 0.15) is 69.7 Å². The summed E-state index contributed by atoms with van der Waals surface area (Å²) in [4.78, 5) is 44.2. The molecule has 1 atom stereocenters. The third kappa shape index (κ3) is 24.8. The number of aromatic hydroxyl groups is 6. The Hall–Kier alpha value is -15.2. The van der Waals surface area contributed by atoms with E-state index in [1.54, 1.807) is 24.3 Å². The summed E-state index contributed by atoms with van der Waals surface area (Å²) in [5, 5.41) is 90.6. The monoisotopic (exact) mass is 1800 g/mol. The van der Waals surface area contributed by atoms with Crippen LogP contribution in [0.2, 0.25) is 0 Å². The molecule has 17 aromatic rings. The molecule has 22 nitrogen and oxygen atoms in total. The average Bonchev–Trinajstić information content (AvgIpc) is 1.38. The van der Waals surface area contributed by atoms with Gasteiger partial charge in [0.2, 0.25) is 0 Å². The van der Waals surface area contributed by atoms with Gasteiger partial charge in [0, 0.05) is 70.4 Å². The summed E-state index contributed by atoms with van der Waals surface area (Å²) in [5.41, 5.74) is 23.8. The second-order valence-electron chi connectivity index (χ2n) is 35.0. The van der Waals surface area contributed by atoms with Crippen molar-refractivity contribution in [3.05, 3.63) is 329 Å². The van der Waals surface area contributed by atoms with Gasteiger partial charge in [-0.3, -0.25) is 0 Å². The fourth-order valence-electron chi connectivity index (χ4n) is 15.8. The highest BCUT2D eigenvalue weighted by molar-refractivity contribution is 5.79. The number of phenols is 6. The summed E-state index contributed by atoms with van der Waals surface area (Å²) in [5.74, 6) is 4.58. The molecule has 0 bridgehead atoms. The minimum atomic E-state index is -0.758. The van der Waals surface area contributed by atoms with Crippen molar-refractivity contribution in [1.29, 1.82) is 0 Å². The zero-order valence-electron chi connectivity index (χ0n) is 78.3. The molecule has 686 valence electrons. The van der Waals surface area contributed by atoms with Crippen LogP contribution in [-0.2, 0) is 16.6 Å². The largest absolute Gasteiger partial charge is 0.508 e. The number of aromatic nitrogens is 12. The van der Waals surface area contributed by atoms with Gasteiger partial charge in [-0.15, -0.1) is 15.0 Å². The number of phenolic OH excluding ortho intramolecular Hbond substituents is 6. The van der Waals surface area contributed by atoms with E-state index < -0.39 is 6.10 Å². The van der Waals surface area contributed by atoms with E-state index in [1.165, 1.54) is 60.8 Å². The Morgan fingerprint density at radius 1 is 0.333 bits per heavy atom. The molecule has 0 radical (unpaired) electrons. The number of ether oxygens (including phenoxy) is 2. The predicted octanol–water partition coefficient (Wildman–Crippen LogP) is 24.4. The zero-order chi connectivity index (χ0) is 95.4. The smallest absolute Gasteiger partial charge is 0.167 e. The third-order valence-electron chi connectivity index (χ3n) is 23.0. The van der Waals surface area contributed by atoms with E-state index in [0.29, 0.717) is 93.6 Å². The van der Waals surface area contributed by atoms with Gasteiger partial charge in [-0.25, -0.2) is 44.9 Å². The minimum absolute atomic E-state index is 0.0179. The summed E-state index contributed by atoms with van der Waals surface area (Å²) < 4.78 is 11.4. The Labute approximate surface area is 788 Å². The number of aliphatic hydroxyl groups is 2. The molecule has 0 saturated heterocycles. The number of aryl methyl sites for hydroxylation is 9. The molecule has 4 heterocycles. The molecular formula is C113H114N12O10. The lowest BCUT2D eigenvalue weighted by molar-refractivity contribution is 0.0109. The zero-order valence-corrected chi connectivity index (χ0v) is 78.3.